The first-order chi connectivity index (χ1) is 11.6. The first-order valence-corrected chi connectivity index (χ1v) is 9.19. The van der Waals surface area contributed by atoms with Crippen LogP contribution in [0.25, 0.3) is 0 Å². The summed E-state index contributed by atoms with van der Waals surface area (Å²) in [6, 6.07) is 7.51. The molecule has 0 fully saturated rings. The predicted molar refractivity (Wildman–Crippen MR) is 91.3 cm³/mol. The van der Waals surface area contributed by atoms with Crippen molar-refractivity contribution < 1.29 is 34.1 Å². The summed E-state index contributed by atoms with van der Waals surface area (Å²) in [5.74, 6) is -0.898. The molecule has 0 aliphatic heterocycles. The molecule has 0 aromatic heterocycles. The molecular formula is C17H19O7P. The fourth-order valence-corrected chi connectivity index (χ4v) is 2.90. The number of carboxylic acid groups (broad SMARTS) is 1. The van der Waals surface area contributed by atoms with Gasteiger partial charge in [-0.05, 0) is 66.8 Å². The molecule has 0 heterocycles. The van der Waals surface area contributed by atoms with Gasteiger partial charge in [-0.25, -0.2) is 4.79 Å². The molecule has 0 saturated heterocycles. The highest BCUT2D eigenvalue weighted by Crippen LogP contribution is 2.35. The number of hydrogen-bond donors (Lipinski definition) is 4. The number of aromatic hydroxyl groups is 1. The van der Waals surface area contributed by atoms with Crippen molar-refractivity contribution in [2.75, 3.05) is 6.35 Å². The average molecular weight is 366 g/mol. The Kier molecular flexibility index (Phi) is 5.52. The number of phenols is 1. The molecule has 0 saturated carbocycles. The fourth-order valence-electron chi connectivity index (χ4n) is 2.58. The first kappa shape index (κ1) is 19.0. The van der Waals surface area contributed by atoms with Gasteiger partial charge < -0.3 is 24.7 Å². The Morgan fingerprint density at radius 3 is 2.24 bits per heavy atom. The van der Waals surface area contributed by atoms with Crippen molar-refractivity contribution in [3.63, 3.8) is 0 Å². The van der Waals surface area contributed by atoms with Gasteiger partial charge in [0.05, 0.1) is 5.56 Å². The van der Waals surface area contributed by atoms with Crippen LogP contribution in [0.15, 0.2) is 30.3 Å². The number of carboxylic acids is 1. The van der Waals surface area contributed by atoms with Gasteiger partial charge in [-0.3, -0.25) is 4.57 Å². The number of phenolic OH excluding ortho intramolecular Hbond substituents is 1. The van der Waals surface area contributed by atoms with Crippen LogP contribution >= 0.6 is 7.60 Å². The summed E-state index contributed by atoms with van der Waals surface area (Å²) in [6.07, 6.45) is -0.356. The number of benzene rings is 2. The minimum Gasteiger partial charge on any atom is -0.508 e. The topological polar surface area (TPSA) is 124 Å². The standard InChI is InChI=1S/C17H19O7P/c1-10-5-14(24-9-25(21,22)23)6-11(2)15(10)7-12-3-4-13(18)8-16(12)17(19)20/h3-6,8,18H,7,9H2,1-2H3,(H,19,20)(H2,21,22,23). The predicted octanol–water partition coefficient (Wildman–Crippen LogP) is 2.81. The Morgan fingerprint density at radius 2 is 1.72 bits per heavy atom. The maximum absolute atomic E-state index is 11.4. The van der Waals surface area contributed by atoms with E-state index >= 15 is 0 Å². The summed E-state index contributed by atoms with van der Waals surface area (Å²) in [7, 11) is -4.26. The molecule has 0 spiro atoms. The van der Waals surface area contributed by atoms with Gasteiger partial charge in [0.15, 0.2) is 6.35 Å². The van der Waals surface area contributed by atoms with Crippen molar-refractivity contribution in [3.8, 4) is 11.5 Å². The lowest BCUT2D eigenvalue weighted by molar-refractivity contribution is 0.0695. The van der Waals surface area contributed by atoms with Gasteiger partial charge in [-0.1, -0.05) is 6.07 Å². The van der Waals surface area contributed by atoms with Gasteiger partial charge in [0, 0.05) is 0 Å². The number of carbonyl (C=O) groups is 1. The summed E-state index contributed by atoms with van der Waals surface area (Å²) >= 11 is 0. The second kappa shape index (κ2) is 7.27. The summed E-state index contributed by atoms with van der Waals surface area (Å²) in [4.78, 5) is 29.1. The molecule has 0 atom stereocenters. The number of aromatic carboxylic acids is 1. The molecule has 0 bridgehead atoms. The summed E-state index contributed by atoms with van der Waals surface area (Å²) in [6.45, 7) is 3.63. The van der Waals surface area contributed by atoms with Gasteiger partial charge in [0.25, 0.3) is 0 Å². The lowest BCUT2D eigenvalue weighted by Crippen LogP contribution is -2.05. The molecule has 134 valence electrons. The molecule has 7 nitrogen and oxygen atoms in total. The number of hydrogen-bond acceptors (Lipinski definition) is 4. The number of ether oxygens (including phenoxy) is 1. The smallest absolute Gasteiger partial charge is 0.362 e. The van der Waals surface area contributed by atoms with Gasteiger partial charge in [-0.2, -0.15) is 0 Å². The molecule has 2 rings (SSSR count). The van der Waals surface area contributed by atoms with Crippen molar-refractivity contribution in [2.24, 2.45) is 0 Å². The monoisotopic (exact) mass is 366 g/mol. The number of rotatable bonds is 6. The van der Waals surface area contributed by atoms with E-state index in [2.05, 4.69) is 0 Å². The Morgan fingerprint density at radius 1 is 1.12 bits per heavy atom. The maximum atomic E-state index is 11.4. The van der Waals surface area contributed by atoms with Crippen LogP contribution in [-0.2, 0) is 11.0 Å². The zero-order valence-electron chi connectivity index (χ0n) is 13.8. The van der Waals surface area contributed by atoms with E-state index in [0.29, 0.717) is 17.7 Å². The SMILES string of the molecule is Cc1cc(OCP(=O)(O)O)cc(C)c1Cc1ccc(O)cc1C(=O)O. The highest BCUT2D eigenvalue weighted by Gasteiger charge is 2.16. The molecule has 8 heteroatoms. The third-order valence-electron chi connectivity index (χ3n) is 3.76. The van der Waals surface area contributed by atoms with E-state index < -0.39 is 19.9 Å². The van der Waals surface area contributed by atoms with Gasteiger partial charge in [0.1, 0.15) is 11.5 Å². The van der Waals surface area contributed by atoms with E-state index in [4.69, 9.17) is 14.5 Å². The van der Waals surface area contributed by atoms with Crippen LogP contribution in [0.4, 0.5) is 0 Å². The van der Waals surface area contributed by atoms with E-state index in [1.807, 2.05) is 13.8 Å². The Hall–Kier alpha value is -2.34. The molecular weight excluding hydrogens is 347 g/mol. The van der Waals surface area contributed by atoms with Crippen molar-refractivity contribution in [1.82, 2.24) is 0 Å². The van der Waals surface area contributed by atoms with E-state index in [1.54, 1.807) is 18.2 Å². The minimum absolute atomic E-state index is 0.0284. The van der Waals surface area contributed by atoms with Crippen LogP contribution in [-0.4, -0.2) is 32.3 Å². The van der Waals surface area contributed by atoms with Crippen molar-refractivity contribution in [3.05, 3.63) is 58.1 Å². The van der Waals surface area contributed by atoms with Crippen molar-refractivity contribution in [1.29, 1.82) is 0 Å². The molecule has 0 radical (unpaired) electrons. The molecule has 0 aliphatic rings. The lowest BCUT2D eigenvalue weighted by Gasteiger charge is -2.15. The van der Waals surface area contributed by atoms with Gasteiger partial charge >= 0.3 is 13.6 Å². The lowest BCUT2D eigenvalue weighted by atomic mass is 9.93. The molecule has 2 aromatic carbocycles. The largest absolute Gasteiger partial charge is 0.508 e. The average Bonchev–Trinajstić information content (AvgIpc) is 2.49. The molecule has 25 heavy (non-hydrogen) atoms. The zero-order valence-corrected chi connectivity index (χ0v) is 14.7. The Labute approximate surface area is 144 Å². The van der Waals surface area contributed by atoms with Crippen LogP contribution < -0.4 is 4.74 Å². The van der Waals surface area contributed by atoms with E-state index in [1.165, 1.54) is 12.1 Å². The van der Waals surface area contributed by atoms with Gasteiger partial charge in [0.2, 0.25) is 0 Å². The Balaban J connectivity index is 2.32. The summed E-state index contributed by atoms with van der Waals surface area (Å²) in [5.41, 5.74) is 3.09. The molecule has 0 amide bonds. The van der Waals surface area contributed by atoms with Crippen LogP contribution in [0.2, 0.25) is 0 Å². The summed E-state index contributed by atoms with van der Waals surface area (Å²) in [5, 5.41) is 18.8. The molecule has 0 aliphatic carbocycles. The van der Waals surface area contributed by atoms with Gasteiger partial charge in [-0.15, -0.1) is 0 Å². The number of aryl methyl sites for hydroxylation is 2. The summed E-state index contributed by atoms with van der Waals surface area (Å²) < 4.78 is 16.0. The second-order valence-corrected chi connectivity index (χ2v) is 7.38. The third kappa shape index (κ3) is 5.06. The van der Waals surface area contributed by atoms with Crippen LogP contribution in [0.3, 0.4) is 0 Å². The zero-order chi connectivity index (χ0) is 18.8. The Bertz CT molecular complexity index is 831. The fraction of sp³-hybridized carbons (Fsp3) is 0.235. The van der Waals surface area contributed by atoms with E-state index in [9.17, 15) is 19.6 Å². The first-order valence-electron chi connectivity index (χ1n) is 7.39. The maximum Gasteiger partial charge on any atom is 0.362 e. The van der Waals surface area contributed by atoms with Crippen LogP contribution in [0.1, 0.15) is 32.6 Å². The molecule has 2 aromatic rings. The van der Waals surface area contributed by atoms with Crippen molar-refractivity contribution >= 4 is 13.6 Å². The molecule has 0 unspecified atom stereocenters. The highest BCUT2D eigenvalue weighted by atomic mass is 31.2. The van der Waals surface area contributed by atoms with Crippen LogP contribution in [0, 0.1) is 13.8 Å². The normalized spacial score (nSPS) is 11.4. The quantitative estimate of drug-likeness (QED) is 0.580. The van der Waals surface area contributed by atoms with Crippen LogP contribution in [0.5, 0.6) is 11.5 Å². The van der Waals surface area contributed by atoms with Crippen molar-refractivity contribution in [2.45, 2.75) is 20.3 Å². The van der Waals surface area contributed by atoms with E-state index in [0.717, 1.165) is 16.7 Å². The minimum atomic E-state index is -4.26. The molecule has 4 N–H and O–H groups in total. The van der Waals surface area contributed by atoms with E-state index in [-0.39, 0.29) is 11.3 Å². The third-order valence-corrected chi connectivity index (χ3v) is 4.23. The second-order valence-electron chi connectivity index (χ2n) is 5.80. The highest BCUT2D eigenvalue weighted by molar-refractivity contribution is 7.51.